The van der Waals surface area contributed by atoms with Crippen molar-refractivity contribution in [2.75, 3.05) is 37.6 Å². The van der Waals surface area contributed by atoms with Gasteiger partial charge in [-0.3, -0.25) is 9.69 Å². The number of benzene rings is 1. The molecule has 3 heterocycles. The van der Waals surface area contributed by atoms with E-state index in [1.165, 1.54) is 0 Å². The summed E-state index contributed by atoms with van der Waals surface area (Å²) in [7, 11) is 0. The first-order valence-corrected chi connectivity index (χ1v) is 10.5. The number of amides is 3. The zero-order chi connectivity index (χ0) is 20.4. The van der Waals surface area contributed by atoms with E-state index in [2.05, 4.69) is 20.9 Å². The summed E-state index contributed by atoms with van der Waals surface area (Å²) in [5.41, 5.74) is 2.02. The van der Waals surface area contributed by atoms with Crippen molar-refractivity contribution in [1.82, 2.24) is 14.8 Å². The largest absolute Gasteiger partial charge is 0.472 e. The quantitative estimate of drug-likeness (QED) is 0.690. The van der Waals surface area contributed by atoms with Crippen molar-refractivity contribution in [2.45, 2.75) is 19.4 Å². The van der Waals surface area contributed by atoms with Gasteiger partial charge in [0.1, 0.15) is 12.6 Å². The molecule has 0 N–H and O–H groups in total. The lowest BCUT2D eigenvalue weighted by molar-refractivity contribution is -0.130. The van der Waals surface area contributed by atoms with Crippen molar-refractivity contribution in [3.05, 3.63) is 52.6 Å². The zero-order valence-corrected chi connectivity index (χ0v) is 17.8. The summed E-state index contributed by atoms with van der Waals surface area (Å²) in [6.45, 7) is 4.38. The highest BCUT2D eigenvalue weighted by molar-refractivity contribution is 9.10. The van der Waals surface area contributed by atoms with Gasteiger partial charge in [-0.2, -0.15) is 0 Å². The van der Waals surface area contributed by atoms with E-state index in [1.807, 2.05) is 43.3 Å². The van der Waals surface area contributed by atoms with Crippen molar-refractivity contribution in [3.63, 3.8) is 0 Å². The number of halogens is 1. The van der Waals surface area contributed by atoms with Crippen molar-refractivity contribution >= 4 is 33.6 Å². The number of hydrogen-bond acceptors (Lipinski definition) is 4. The molecule has 0 aliphatic carbocycles. The Labute approximate surface area is 178 Å². The number of likely N-dealkylation sites (tertiary alicyclic amines) is 1. The van der Waals surface area contributed by atoms with E-state index in [9.17, 15) is 9.59 Å². The molecular weight excluding hydrogens is 436 g/mol. The summed E-state index contributed by atoms with van der Waals surface area (Å²) in [5.74, 6) is 0.491. The Morgan fingerprint density at radius 1 is 1.21 bits per heavy atom. The summed E-state index contributed by atoms with van der Waals surface area (Å²) in [4.78, 5) is 34.8. The molecule has 2 fully saturated rings. The number of pyridine rings is 1. The highest BCUT2D eigenvalue weighted by Crippen LogP contribution is 2.25. The number of aromatic nitrogens is 1. The van der Waals surface area contributed by atoms with Crippen LogP contribution in [0.15, 0.2) is 47.1 Å². The Morgan fingerprint density at radius 3 is 2.76 bits per heavy atom. The maximum Gasteiger partial charge on any atom is 0.325 e. The highest BCUT2D eigenvalue weighted by Gasteiger charge is 2.34. The summed E-state index contributed by atoms with van der Waals surface area (Å²) >= 11 is 3.42. The summed E-state index contributed by atoms with van der Waals surface area (Å²) < 4.78 is 6.72. The van der Waals surface area contributed by atoms with Gasteiger partial charge in [-0.05, 0) is 47.1 Å². The first-order chi connectivity index (χ1) is 14.0. The minimum absolute atomic E-state index is 0.0460. The van der Waals surface area contributed by atoms with Gasteiger partial charge in [0, 0.05) is 37.9 Å². The summed E-state index contributed by atoms with van der Waals surface area (Å²) in [6, 6.07) is 11.4. The topological polar surface area (TPSA) is 66.0 Å². The number of aryl methyl sites for hydroxylation is 1. The van der Waals surface area contributed by atoms with Crippen molar-refractivity contribution < 1.29 is 14.3 Å². The normalized spacial score (nSPS) is 19.2. The van der Waals surface area contributed by atoms with Gasteiger partial charge in [0.15, 0.2) is 0 Å². The van der Waals surface area contributed by atoms with Crippen molar-refractivity contribution in [2.24, 2.45) is 0 Å². The first-order valence-electron chi connectivity index (χ1n) is 9.69. The van der Waals surface area contributed by atoms with E-state index < -0.39 is 0 Å². The van der Waals surface area contributed by atoms with Crippen LogP contribution in [0.25, 0.3) is 0 Å². The van der Waals surface area contributed by atoms with Crippen LogP contribution in [0, 0.1) is 6.92 Å². The van der Waals surface area contributed by atoms with Crippen LogP contribution in [0.1, 0.15) is 12.0 Å². The maximum absolute atomic E-state index is 12.7. The molecule has 2 saturated heterocycles. The molecule has 152 valence electrons. The van der Waals surface area contributed by atoms with Crippen LogP contribution < -0.4 is 9.64 Å². The second kappa shape index (κ2) is 8.41. The third-order valence-electron chi connectivity index (χ3n) is 5.27. The Kier molecular flexibility index (Phi) is 5.71. The van der Waals surface area contributed by atoms with Gasteiger partial charge in [0.25, 0.3) is 0 Å². The SMILES string of the molecule is Cc1ccc(N2CCN(CC(=O)N3CCC(Oc4ncccc4Br)C3)C2=O)cc1. The molecule has 3 amide bonds. The van der Waals surface area contributed by atoms with Crippen LogP contribution in [-0.4, -0.2) is 65.5 Å². The number of carbonyl (C=O) groups is 2. The van der Waals surface area contributed by atoms with Crippen LogP contribution in [0.4, 0.5) is 10.5 Å². The number of hydrogen-bond donors (Lipinski definition) is 0. The number of ether oxygens (including phenoxy) is 1. The molecule has 0 bridgehead atoms. The monoisotopic (exact) mass is 458 g/mol. The molecule has 4 rings (SSSR count). The van der Waals surface area contributed by atoms with E-state index in [4.69, 9.17) is 4.74 Å². The third kappa shape index (κ3) is 4.37. The molecule has 1 aromatic carbocycles. The van der Waals surface area contributed by atoms with Gasteiger partial charge in [-0.1, -0.05) is 17.7 Å². The van der Waals surface area contributed by atoms with Gasteiger partial charge >= 0.3 is 6.03 Å². The Bertz CT molecular complexity index is 905. The highest BCUT2D eigenvalue weighted by atomic mass is 79.9. The second-order valence-electron chi connectivity index (χ2n) is 7.35. The van der Waals surface area contributed by atoms with Gasteiger partial charge in [-0.25, -0.2) is 9.78 Å². The average Bonchev–Trinajstić information content (AvgIpc) is 3.32. The molecule has 2 aromatic rings. The van der Waals surface area contributed by atoms with Gasteiger partial charge in [-0.15, -0.1) is 0 Å². The van der Waals surface area contributed by atoms with E-state index in [0.29, 0.717) is 32.1 Å². The average molecular weight is 459 g/mol. The lowest BCUT2D eigenvalue weighted by Crippen LogP contribution is -2.42. The minimum Gasteiger partial charge on any atom is -0.472 e. The fourth-order valence-electron chi connectivity index (χ4n) is 3.62. The number of rotatable bonds is 5. The molecule has 0 spiro atoms. The van der Waals surface area contributed by atoms with Gasteiger partial charge in [0.2, 0.25) is 11.8 Å². The summed E-state index contributed by atoms with van der Waals surface area (Å²) in [6.07, 6.45) is 2.33. The predicted octanol–water partition coefficient (Wildman–Crippen LogP) is 3.07. The van der Waals surface area contributed by atoms with Crippen molar-refractivity contribution in [1.29, 1.82) is 0 Å². The van der Waals surface area contributed by atoms with E-state index >= 15 is 0 Å². The predicted molar refractivity (Wildman–Crippen MR) is 113 cm³/mol. The molecule has 2 aliphatic rings. The molecule has 1 atom stereocenters. The lowest BCUT2D eigenvalue weighted by Gasteiger charge is -2.22. The molecule has 7 nitrogen and oxygen atoms in total. The molecule has 1 aromatic heterocycles. The standard InChI is InChI=1S/C21H23BrN4O3/c1-15-4-6-16(7-5-15)26-12-11-25(21(26)28)14-19(27)24-10-8-17(13-24)29-20-18(22)3-2-9-23-20/h2-7,9,17H,8,10-14H2,1H3. The molecule has 1 unspecified atom stereocenters. The van der Waals surface area contributed by atoms with Crippen LogP contribution in [0.3, 0.4) is 0 Å². The zero-order valence-electron chi connectivity index (χ0n) is 16.3. The molecule has 29 heavy (non-hydrogen) atoms. The second-order valence-corrected chi connectivity index (χ2v) is 8.20. The number of urea groups is 1. The Hall–Kier alpha value is -2.61. The van der Waals surface area contributed by atoms with Crippen LogP contribution in [-0.2, 0) is 4.79 Å². The number of carbonyl (C=O) groups excluding carboxylic acids is 2. The smallest absolute Gasteiger partial charge is 0.325 e. The van der Waals surface area contributed by atoms with E-state index in [-0.39, 0.29) is 24.6 Å². The minimum atomic E-state index is -0.119. The molecule has 2 aliphatic heterocycles. The molecular formula is C21H23BrN4O3. The molecule has 8 heteroatoms. The lowest BCUT2D eigenvalue weighted by atomic mass is 10.2. The molecule has 0 saturated carbocycles. The van der Waals surface area contributed by atoms with Gasteiger partial charge < -0.3 is 14.5 Å². The van der Waals surface area contributed by atoms with Crippen LogP contribution >= 0.6 is 15.9 Å². The van der Waals surface area contributed by atoms with E-state index in [0.717, 1.165) is 22.1 Å². The fourth-order valence-corrected chi connectivity index (χ4v) is 3.97. The van der Waals surface area contributed by atoms with E-state index in [1.54, 1.807) is 20.9 Å². The first kappa shape index (κ1) is 19.7. The summed E-state index contributed by atoms with van der Waals surface area (Å²) in [5, 5.41) is 0. The fraction of sp³-hybridized carbons (Fsp3) is 0.381. The third-order valence-corrected chi connectivity index (χ3v) is 5.87. The number of nitrogens with zero attached hydrogens (tertiary/aromatic N) is 4. The maximum atomic E-state index is 12.7. The van der Waals surface area contributed by atoms with Crippen molar-refractivity contribution in [3.8, 4) is 5.88 Å². The molecule has 0 radical (unpaired) electrons. The Morgan fingerprint density at radius 2 is 2.00 bits per heavy atom. The number of anilines is 1. The van der Waals surface area contributed by atoms with Crippen LogP contribution in [0.2, 0.25) is 0 Å². The Balaban J connectivity index is 1.31. The van der Waals surface area contributed by atoms with Gasteiger partial charge in [0.05, 0.1) is 11.0 Å². The van der Waals surface area contributed by atoms with Crippen LogP contribution in [0.5, 0.6) is 5.88 Å².